The minimum absolute atomic E-state index is 0.333. The molecule has 1 atom stereocenters. The first-order valence-corrected chi connectivity index (χ1v) is 8.39. The molecule has 3 nitrogen and oxygen atoms in total. The number of benzene rings is 1. The minimum Gasteiger partial charge on any atom is -0.508 e. The second-order valence-corrected chi connectivity index (χ2v) is 6.39. The van der Waals surface area contributed by atoms with Gasteiger partial charge in [-0.3, -0.25) is 0 Å². The highest BCUT2D eigenvalue weighted by atomic mass is 16.3. The fourth-order valence-electron chi connectivity index (χ4n) is 3.23. The van der Waals surface area contributed by atoms with E-state index in [1.54, 1.807) is 12.1 Å². The Morgan fingerprint density at radius 1 is 1.19 bits per heavy atom. The Morgan fingerprint density at radius 2 is 1.86 bits per heavy atom. The standard InChI is InChI=1S/C18H30N2O/c1-15(16-9-11-18(21)12-10-16)19-13-6-14-20(2)17-7-4-3-5-8-17/h9-12,15,17,19,21H,3-8,13-14H2,1-2H3. The number of aromatic hydroxyl groups is 1. The Labute approximate surface area is 129 Å². The van der Waals surface area contributed by atoms with Crippen molar-refractivity contribution >= 4 is 0 Å². The molecule has 0 radical (unpaired) electrons. The van der Waals surface area contributed by atoms with Gasteiger partial charge in [-0.2, -0.15) is 0 Å². The molecule has 3 heteroatoms. The predicted octanol–water partition coefficient (Wildman–Crippen LogP) is 3.70. The zero-order chi connectivity index (χ0) is 15.1. The second kappa shape index (κ2) is 8.40. The van der Waals surface area contributed by atoms with Gasteiger partial charge in [0.1, 0.15) is 5.75 Å². The summed E-state index contributed by atoms with van der Waals surface area (Å²) in [7, 11) is 2.28. The third kappa shape index (κ3) is 5.33. The van der Waals surface area contributed by atoms with Gasteiger partial charge in [0.25, 0.3) is 0 Å². The van der Waals surface area contributed by atoms with Gasteiger partial charge in [-0.25, -0.2) is 0 Å². The number of hydrogen-bond donors (Lipinski definition) is 2. The topological polar surface area (TPSA) is 35.5 Å². The quantitative estimate of drug-likeness (QED) is 0.752. The molecule has 1 saturated carbocycles. The lowest BCUT2D eigenvalue weighted by Gasteiger charge is -2.31. The summed E-state index contributed by atoms with van der Waals surface area (Å²) >= 11 is 0. The third-order valence-corrected chi connectivity index (χ3v) is 4.73. The van der Waals surface area contributed by atoms with Crippen LogP contribution in [0.3, 0.4) is 0 Å². The highest BCUT2D eigenvalue weighted by Gasteiger charge is 2.17. The number of hydrogen-bond acceptors (Lipinski definition) is 3. The number of rotatable bonds is 7. The van der Waals surface area contributed by atoms with Crippen molar-refractivity contribution in [1.82, 2.24) is 10.2 Å². The summed E-state index contributed by atoms with van der Waals surface area (Å²) in [4.78, 5) is 2.55. The van der Waals surface area contributed by atoms with Crippen LogP contribution in [0.25, 0.3) is 0 Å². The lowest BCUT2D eigenvalue weighted by Crippen LogP contribution is -2.35. The van der Waals surface area contributed by atoms with Crippen molar-refractivity contribution in [3.63, 3.8) is 0 Å². The highest BCUT2D eigenvalue weighted by Crippen LogP contribution is 2.21. The summed E-state index contributed by atoms with van der Waals surface area (Å²) in [6, 6.07) is 8.63. The maximum absolute atomic E-state index is 9.31. The lowest BCUT2D eigenvalue weighted by atomic mass is 9.94. The summed E-state index contributed by atoms with van der Waals surface area (Å²) in [5, 5.41) is 12.9. The molecule has 1 aliphatic carbocycles. The van der Waals surface area contributed by atoms with E-state index >= 15 is 0 Å². The first-order chi connectivity index (χ1) is 10.2. The van der Waals surface area contributed by atoms with E-state index in [2.05, 4.69) is 24.2 Å². The zero-order valence-corrected chi connectivity index (χ0v) is 13.5. The third-order valence-electron chi connectivity index (χ3n) is 4.73. The van der Waals surface area contributed by atoms with Crippen molar-refractivity contribution in [1.29, 1.82) is 0 Å². The van der Waals surface area contributed by atoms with Crippen LogP contribution in [0.5, 0.6) is 5.75 Å². The smallest absolute Gasteiger partial charge is 0.115 e. The molecule has 2 N–H and O–H groups in total. The summed E-state index contributed by atoms with van der Waals surface area (Å²) in [6.07, 6.45) is 8.20. The van der Waals surface area contributed by atoms with Crippen molar-refractivity contribution in [2.75, 3.05) is 20.1 Å². The first kappa shape index (κ1) is 16.3. The molecule has 21 heavy (non-hydrogen) atoms. The fourth-order valence-corrected chi connectivity index (χ4v) is 3.23. The molecule has 0 amide bonds. The molecule has 118 valence electrons. The van der Waals surface area contributed by atoms with Crippen molar-refractivity contribution in [3.05, 3.63) is 29.8 Å². The van der Waals surface area contributed by atoms with Gasteiger partial charge in [0.15, 0.2) is 0 Å². The lowest BCUT2D eigenvalue weighted by molar-refractivity contribution is 0.189. The van der Waals surface area contributed by atoms with E-state index in [0.29, 0.717) is 11.8 Å². The van der Waals surface area contributed by atoms with Crippen molar-refractivity contribution in [2.24, 2.45) is 0 Å². The van der Waals surface area contributed by atoms with E-state index in [0.717, 1.165) is 12.6 Å². The Kier molecular flexibility index (Phi) is 6.52. The van der Waals surface area contributed by atoms with Gasteiger partial charge in [-0.05, 0) is 64.0 Å². The van der Waals surface area contributed by atoms with Gasteiger partial charge in [0.05, 0.1) is 0 Å². The van der Waals surface area contributed by atoms with E-state index in [9.17, 15) is 5.11 Å². The van der Waals surface area contributed by atoms with Crippen LogP contribution in [0.2, 0.25) is 0 Å². The van der Waals surface area contributed by atoms with Crippen LogP contribution in [0.1, 0.15) is 57.1 Å². The zero-order valence-electron chi connectivity index (χ0n) is 13.5. The van der Waals surface area contributed by atoms with E-state index in [1.807, 2.05) is 12.1 Å². The van der Waals surface area contributed by atoms with Crippen LogP contribution in [0, 0.1) is 0 Å². The van der Waals surface area contributed by atoms with Crippen molar-refractivity contribution < 1.29 is 5.11 Å². The van der Waals surface area contributed by atoms with Crippen LogP contribution < -0.4 is 5.32 Å². The molecule has 1 unspecified atom stereocenters. The number of phenols is 1. The molecule has 0 saturated heterocycles. The van der Waals surface area contributed by atoms with Gasteiger partial charge in [0, 0.05) is 12.1 Å². The predicted molar refractivity (Wildman–Crippen MR) is 88.6 cm³/mol. The monoisotopic (exact) mass is 290 g/mol. The summed E-state index contributed by atoms with van der Waals surface area (Å²) in [6.45, 7) is 4.40. The maximum atomic E-state index is 9.31. The fraction of sp³-hybridized carbons (Fsp3) is 0.667. The molecule has 0 aliphatic heterocycles. The molecule has 0 spiro atoms. The molecular weight excluding hydrogens is 260 g/mol. The van der Waals surface area contributed by atoms with Gasteiger partial charge < -0.3 is 15.3 Å². The Bertz CT molecular complexity index is 398. The van der Waals surface area contributed by atoms with E-state index < -0.39 is 0 Å². The summed E-state index contributed by atoms with van der Waals surface area (Å²) in [5.74, 6) is 0.333. The number of nitrogens with zero attached hydrogens (tertiary/aromatic N) is 1. The van der Waals surface area contributed by atoms with Crippen molar-refractivity contribution in [3.8, 4) is 5.75 Å². The average Bonchev–Trinajstić information content (AvgIpc) is 2.52. The molecule has 1 aromatic carbocycles. The molecular formula is C18H30N2O. The van der Waals surface area contributed by atoms with Gasteiger partial charge in [-0.1, -0.05) is 31.4 Å². The molecule has 0 heterocycles. The Hall–Kier alpha value is -1.06. The van der Waals surface area contributed by atoms with Gasteiger partial charge in [0.2, 0.25) is 0 Å². The van der Waals surface area contributed by atoms with E-state index in [1.165, 1.54) is 50.6 Å². The molecule has 2 rings (SSSR count). The molecule has 1 aromatic rings. The summed E-state index contributed by atoms with van der Waals surface area (Å²) < 4.78 is 0. The van der Waals surface area contributed by atoms with E-state index in [4.69, 9.17) is 0 Å². The summed E-state index contributed by atoms with van der Waals surface area (Å²) in [5.41, 5.74) is 1.23. The highest BCUT2D eigenvalue weighted by molar-refractivity contribution is 5.27. The SMILES string of the molecule is CC(NCCCN(C)C1CCCCC1)c1ccc(O)cc1. The van der Waals surface area contributed by atoms with Crippen LogP contribution in [-0.4, -0.2) is 36.2 Å². The molecule has 1 fully saturated rings. The Balaban J connectivity index is 1.63. The molecule has 1 aliphatic rings. The largest absolute Gasteiger partial charge is 0.508 e. The first-order valence-electron chi connectivity index (χ1n) is 8.39. The minimum atomic E-state index is 0.333. The van der Waals surface area contributed by atoms with Crippen LogP contribution in [-0.2, 0) is 0 Å². The van der Waals surface area contributed by atoms with Crippen LogP contribution in [0.15, 0.2) is 24.3 Å². The van der Waals surface area contributed by atoms with Gasteiger partial charge in [-0.15, -0.1) is 0 Å². The Morgan fingerprint density at radius 3 is 2.52 bits per heavy atom. The normalized spacial score (nSPS) is 18.0. The number of nitrogens with one attached hydrogen (secondary N) is 1. The molecule has 0 bridgehead atoms. The number of phenolic OH excluding ortho intramolecular Hbond substituents is 1. The van der Waals surface area contributed by atoms with Crippen molar-refractivity contribution in [2.45, 2.75) is 57.5 Å². The van der Waals surface area contributed by atoms with Gasteiger partial charge >= 0.3 is 0 Å². The van der Waals surface area contributed by atoms with Crippen LogP contribution >= 0.6 is 0 Å². The van der Waals surface area contributed by atoms with E-state index in [-0.39, 0.29) is 0 Å². The molecule has 0 aromatic heterocycles. The second-order valence-electron chi connectivity index (χ2n) is 6.39. The average molecular weight is 290 g/mol. The van der Waals surface area contributed by atoms with Crippen LogP contribution in [0.4, 0.5) is 0 Å². The maximum Gasteiger partial charge on any atom is 0.115 e.